The van der Waals surface area contributed by atoms with Crippen molar-refractivity contribution >= 4 is 11.8 Å². The smallest absolute Gasteiger partial charge is 0.123 e. The van der Waals surface area contributed by atoms with Crippen LogP contribution in [0, 0.1) is 5.82 Å². The predicted molar refractivity (Wildman–Crippen MR) is 74.6 cm³/mol. The van der Waals surface area contributed by atoms with Crippen molar-refractivity contribution in [1.29, 1.82) is 0 Å². The van der Waals surface area contributed by atoms with Gasteiger partial charge in [0, 0.05) is 18.8 Å². The summed E-state index contributed by atoms with van der Waals surface area (Å²) < 4.78 is 12.8. The molecule has 0 amide bonds. The summed E-state index contributed by atoms with van der Waals surface area (Å²) in [5.74, 6) is 2.00. The van der Waals surface area contributed by atoms with Crippen molar-refractivity contribution < 1.29 is 9.50 Å². The molecule has 0 spiro atoms. The highest BCUT2D eigenvalue weighted by Crippen LogP contribution is 2.27. The quantitative estimate of drug-likeness (QED) is 0.861. The van der Waals surface area contributed by atoms with Gasteiger partial charge in [0.05, 0.1) is 5.60 Å². The number of halogens is 1. The molecule has 1 heterocycles. The molecule has 0 radical (unpaired) electrons. The number of hydrogen-bond acceptors (Lipinski definition) is 3. The summed E-state index contributed by atoms with van der Waals surface area (Å²) in [5.41, 5.74) is 0.587. The average molecular weight is 269 g/mol. The highest BCUT2D eigenvalue weighted by atomic mass is 32.2. The number of nitrogens with one attached hydrogen (secondary N) is 1. The maximum absolute atomic E-state index is 12.8. The van der Waals surface area contributed by atoms with Gasteiger partial charge in [-0.3, -0.25) is 0 Å². The van der Waals surface area contributed by atoms with Crippen LogP contribution in [0.1, 0.15) is 24.8 Å². The molecule has 100 valence electrons. The number of rotatable bonds is 5. The molecule has 2 atom stereocenters. The fourth-order valence-electron chi connectivity index (χ4n) is 2.17. The van der Waals surface area contributed by atoms with Crippen molar-refractivity contribution in [1.82, 2.24) is 5.32 Å². The Labute approximate surface area is 112 Å². The molecule has 2 nitrogen and oxygen atoms in total. The van der Waals surface area contributed by atoms with E-state index in [1.165, 1.54) is 12.1 Å². The predicted octanol–water partition coefficient (Wildman–Crippen LogP) is 2.39. The average Bonchev–Trinajstić information content (AvgIpc) is 2.77. The second kappa shape index (κ2) is 6.04. The van der Waals surface area contributed by atoms with Crippen LogP contribution in [0.5, 0.6) is 0 Å². The molecule has 1 fully saturated rings. The second-order valence-corrected chi connectivity index (χ2v) is 6.22. The lowest BCUT2D eigenvalue weighted by molar-refractivity contribution is 0.0676. The number of aliphatic hydroxyl groups is 1. The number of benzene rings is 1. The van der Waals surface area contributed by atoms with Crippen LogP contribution in [0.25, 0.3) is 0 Å². The van der Waals surface area contributed by atoms with Gasteiger partial charge in [0.25, 0.3) is 0 Å². The van der Waals surface area contributed by atoms with Gasteiger partial charge in [-0.1, -0.05) is 19.1 Å². The van der Waals surface area contributed by atoms with Gasteiger partial charge in [0.1, 0.15) is 5.82 Å². The lowest BCUT2D eigenvalue weighted by Crippen LogP contribution is -2.41. The molecular weight excluding hydrogens is 249 g/mol. The maximum Gasteiger partial charge on any atom is 0.123 e. The summed E-state index contributed by atoms with van der Waals surface area (Å²) in [6, 6.07) is 6.63. The highest BCUT2D eigenvalue weighted by Gasteiger charge is 2.31. The molecule has 2 N–H and O–H groups in total. The summed E-state index contributed by atoms with van der Waals surface area (Å²) in [7, 11) is 0. The maximum atomic E-state index is 12.8. The van der Waals surface area contributed by atoms with Crippen molar-refractivity contribution in [3.8, 4) is 0 Å². The summed E-state index contributed by atoms with van der Waals surface area (Å²) in [6.45, 7) is 3.55. The van der Waals surface area contributed by atoms with Crippen LogP contribution in [-0.4, -0.2) is 35.3 Å². The van der Waals surface area contributed by atoms with Crippen LogP contribution in [0.4, 0.5) is 4.39 Å². The van der Waals surface area contributed by atoms with E-state index in [1.807, 2.05) is 12.1 Å². The minimum atomic E-state index is -0.535. The molecule has 0 aromatic heterocycles. The molecule has 1 aromatic carbocycles. The monoisotopic (exact) mass is 269 g/mol. The SMILES string of the molecule is CC(CNCC1(O)CCSC1)c1ccc(F)cc1. The van der Waals surface area contributed by atoms with Crippen LogP contribution in [0.2, 0.25) is 0 Å². The lowest BCUT2D eigenvalue weighted by atomic mass is 10.00. The van der Waals surface area contributed by atoms with Crippen molar-refractivity contribution in [2.75, 3.05) is 24.6 Å². The lowest BCUT2D eigenvalue weighted by Gasteiger charge is -2.23. The van der Waals surface area contributed by atoms with Crippen molar-refractivity contribution in [3.63, 3.8) is 0 Å². The summed E-state index contributed by atoms with van der Waals surface area (Å²) in [4.78, 5) is 0. The van der Waals surface area contributed by atoms with Gasteiger partial charge in [0.2, 0.25) is 0 Å². The van der Waals surface area contributed by atoms with Gasteiger partial charge < -0.3 is 10.4 Å². The first-order chi connectivity index (χ1) is 8.59. The summed E-state index contributed by atoms with van der Waals surface area (Å²) in [6.07, 6.45) is 0.871. The molecule has 18 heavy (non-hydrogen) atoms. The van der Waals surface area contributed by atoms with Gasteiger partial charge in [-0.15, -0.1) is 0 Å². The van der Waals surface area contributed by atoms with Crippen LogP contribution in [0.3, 0.4) is 0 Å². The van der Waals surface area contributed by atoms with Gasteiger partial charge in [-0.2, -0.15) is 11.8 Å². The van der Waals surface area contributed by atoms with Crippen molar-refractivity contribution in [3.05, 3.63) is 35.6 Å². The Balaban J connectivity index is 1.77. The third-order valence-corrected chi connectivity index (χ3v) is 4.66. The minimum Gasteiger partial charge on any atom is -0.388 e. The van der Waals surface area contributed by atoms with Crippen molar-refractivity contribution in [2.45, 2.75) is 24.9 Å². The van der Waals surface area contributed by atoms with E-state index in [0.717, 1.165) is 30.0 Å². The zero-order chi connectivity index (χ0) is 13.0. The molecule has 4 heteroatoms. The van der Waals surface area contributed by atoms with E-state index in [1.54, 1.807) is 11.8 Å². The van der Waals surface area contributed by atoms with Crippen LogP contribution >= 0.6 is 11.8 Å². The Morgan fingerprint density at radius 3 is 2.78 bits per heavy atom. The fraction of sp³-hybridized carbons (Fsp3) is 0.571. The van der Waals surface area contributed by atoms with E-state index < -0.39 is 5.60 Å². The highest BCUT2D eigenvalue weighted by molar-refractivity contribution is 7.99. The number of thioether (sulfide) groups is 1. The first-order valence-corrected chi connectivity index (χ1v) is 7.51. The summed E-state index contributed by atoms with van der Waals surface area (Å²) >= 11 is 1.81. The molecule has 1 aromatic rings. The topological polar surface area (TPSA) is 32.3 Å². The minimum absolute atomic E-state index is 0.198. The first kappa shape index (κ1) is 13.8. The molecule has 0 bridgehead atoms. The zero-order valence-electron chi connectivity index (χ0n) is 10.7. The molecule has 0 aliphatic carbocycles. The fourth-order valence-corrected chi connectivity index (χ4v) is 3.46. The van der Waals surface area contributed by atoms with E-state index in [2.05, 4.69) is 12.2 Å². The normalized spacial score (nSPS) is 25.3. The van der Waals surface area contributed by atoms with Crippen LogP contribution in [0.15, 0.2) is 24.3 Å². The third kappa shape index (κ3) is 3.70. The molecule has 1 saturated heterocycles. The van der Waals surface area contributed by atoms with Gasteiger partial charge >= 0.3 is 0 Å². The van der Waals surface area contributed by atoms with E-state index in [-0.39, 0.29) is 5.82 Å². The largest absolute Gasteiger partial charge is 0.388 e. The van der Waals surface area contributed by atoms with Crippen LogP contribution in [-0.2, 0) is 0 Å². The zero-order valence-corrected chi connectivity index (χ0v) is 11.5. The molecular formula is C14H20FNOS. The van der Waals surface area contributed by atoms with E-state index in [0.29, 0.717) is 12.5 Å². The third-order valence-electron chi connectivity index (χ3n) is 3.43. The molecule has 1 aliphatic heterocycles. The van der Waals surface area contributed by atoms with Gasteiger partial charge in [0.15, 0.2) is 0 Å². The molecule has 0 saturated carbocycles. The first-order valence-electron chi connectivity index (χ1n) is 6.35. The Morgan fingerprint density at radius 1 is 1.44 bits per heavy atom. The molecule has 2 unspecified atom stereocenters. The Hall–Kier alpha value is -0.580. The number of hydrogen-bond donors (Lipinski definition) is 2. The van der Waals surface area contributed by atoms with Crippen LogP contribution < -0.4 is 5.32 Å². The molecule has 1 aliphatic rings. The summed E-state index contributed by atoms with van der Waals surface area (Å²) in [5, 5.41) is 13.5. The Bertz CT molecular complexity index is 376. The van der Waals surface area contributed by atoms with E-state index >= 15 is 0 Å². The standard InChI is InChI=1S/C14H20FNOS/c1-11(12-2-4-13(15)5-3-12)8-16-9-14(17)6-7-18-10-14/h2-5,11,16-17H,6-10H2,1H3. The van der Waals surface area contributed by atoms with Gasteiger partial charge in [-0.25, -0.2) is 4.39 Å². The van der Waals surface area contributed by atoms with E-state index in [9.17, 15) is 9.50 Å². The Kier molecular flexibility index (Phi) is 4.65. The second-order valence-electron chi connectivity index (χ2n) is 5.11. The van der Waals surface area contributed by atoms with Gasteiger partial charge in [-0.05, 0) is 35.8 Å². The Morgan fingerprint density at radius 2 is 2.17 bits per heavy atom. The molecule has 2 rings (SSSR count). The van der Waals surface area contributed by atoms with Crippen molar-refractivity contribution in [2.24, 2.45) is 0 Å². The van der Waals surface area contributed by atoms with E-state index in [4.69, 9.17) is 0 Å².